The maximum atomic E-state index is 12.0. The highest BCUT2D eigenvalue weighted by Crippen LogP contribution is 2.32. The van der Waals surface area contributed by atoms with E-state index in [2.05, 4.69) is 0 Å². The summed E-state index contributed by atoms with van der Waals surface area (Å²) in [5.74, 6) is -0.393. The van der Waals surface area contributed by atoms with Gasteiger partial charge in [-0.05, 0) is 16.9 Å². The molecule has 0 aliphatic rings. The summed E-state index contributed by atoms with van der Waals surface area (Å²) in [6, 6.07) is 1.74. The van der Waals surface area contributed by atoms with Crippen LogP contribution in [0.5, 0.6) is 5.75 Å². The zero-order chi connectivity index (χ0) is 13.1. The predicted molar refractivity (Wildman–Crippen MR) is 65.9 cm³/mol. The minimum absolute atomic E-state index is 0.0214. The van der Waals surface area contributed by atoms with Crippen LogP contribution in [0.3, 0.4) is 0 Å². The van der Waals surface area contributed by atoms with E-state index >= 15 is 0 Å². The summed E-state index contributed by atoms with van der Waals surface area (Å²) in [6.45, 7) is 3.55. The van der Waals surface area contributed by atoms with Crippen molar-refractivity contribution in [3.63, 3.8) is 0 Å². The zero-order valence-corrected chi connectivity index (χ0v) is 11.0. The van der Waals surface area contributed by atoms with Crippen molar-refractivity contribution in [2.24, 2.45) is 5.41 Å². The second-order valence-electron chi connectivity index (χ2n) is 4.65. The number of methoxy groups -OCH3 is 1. The van der Waals surface area contributed by atoms with E-state index in [1.807, 2.05) is 0 Å². The van der Waals surface area contributed by atoms with Gasteiger partial charge in [-0.3, -0.25) is 9.59 Å². The Bertz CT molecular complexity index is 420. The fraction of sp³-hybridized carbons (Fsp3) is 0.500. The average Bonchev–Trinajstić information content (AvgIpc) is 2.61. The lowest BCUT2D eigenvalue weighted by molar-refractivity contribution is -0.139. The van der Waals surface area contributed by atoms with Gasteiger partial charge in [0.15, 0.2) is 5.78 Å². The van der Waals surface area contributed by atoms with Gasteiger partial charge in [0.1, 0.15) is 10.6 Å². The van der Waals surface area contributed by atoms with E-state index in [1.54, 1.807) is 25.3 Å². The van der Waals surface area contributed by atoms with Crippen LogP contribution >= 0.6 is 11.3 Å². The van der Waals surface area contributed by atoms with Crippen LogP contribution in [-0.2, 0) is 4.79 Å². The Hall–Kier alpha value is -1.36. The van der Waals surface area contributed by atoms with Crippen molar-refractivity contribution in [2.75, 3.05) is 7.11 Å². The lowest BCUT2D eigenvalue weighted by atomic mass is 9.83. The summed E-state index contributed by atoms with van der Waals surface area (Å²) in [5.41, 5.74) is -0.544. The Labute approximate surface area is 104 Å². The number of carboxylic acids is 1. The molecule has 0 atom stereocenters. The van der Waals surface area contributed by atoms with Gasteiger partial charge >= 0.3 is 5.97 Å². The van der Waals surface area contributed by atoms with Crippen LogP contribution in [0.4, 0.5) is 0 Å². The molecule has 1 aromatic heterocycles. The highest BCUT2D eigenvalue weighted by molar-refractivity contribution is 7.12. The maximum absolute atomic E-state index is 12.0. The first-order valence-electron chi connectivity index (χ1n) is 5.22. The highest BCUT2D eigenvalue weighted by Gasteiger charge is 2.27. The molecule has 0 bridgehead atoms. The number of thiophene rings is 1. The first-order chi connectivity index (χ1) is 7.85. The molecular formula is C12H16O4S. The van der Waals surface area contributed by atoms with E-state index in [-0.39, 0.29) is 18.6 Å². The van der Waals surface area contributed by atoms with Crippen LogP contribution in [0.2, 0.25) is 0 Å². The van der Waals surface area contributed by atoms with Gasteiger partial charge in [0, 0.05) is 6.42 Å². The smallest absolute Gasteiger partial charge is 0.303 e. The molecule has 0 aliphatic carbocycles. The molecule has 17 heavy (non-hydrogen) atoms. The van der Waals surface area contributed by atoms with E-state index in [4.69, 9.17) is 9.84 Å². The molecule has 1 aromatic rings. The maximum Gasteiger partial charge on any atom is 0.303 e. The van der Waals surface area contributed by atoms with Gasteiger partial charge < -0.3 is 9.84 Å². The largest absolute Gasteiger partial charge is 0.495 e. The van der Waals surface area contributed by atoms with Gasteiger partial charge in [0.2, 0.25) is 0 Å². The van der Waals surface area contributed by atoms with Crippen LogP contribution in [0.1, 0.15) is 36.4 Å². The number of ketones is 1. The first-order valence-corrected chi connectivity index (χ1v) is 6.10. The average molecular weight is 256 g/mol. The number of ether oxygens (including phenoxy) is 1. The first kappa shape index (κ1) is 13.7. The van der Waals surface area contributed by atoms with Gasteiger partial charge in [-0.2, -0.15) is 0 Å². The number of hydrogen-bond acceptors (Lipinski definition) is 4. The number of Topliss-reactive ketones (excluding diaryl/α,β-unsaturated/α-hetero) is 1. The lowest BCUT2D eigenvalue weighted by Crippen LogP contribution is -2.20. The van der Waals surface area contributed by atoms with Crippen molar-refractivity contribution in [1.82, 2.24) is 0 Å². The molecule has 0 aromatic carbocycles. The lowest BCUT2D eigenvalue weighted by Gasteiger charge is -2.20. The molecule has 0 saturated heterocycles. The number of rotatable bonds is 6. The molecule has 0 radical (unpaired) electrons. The third kappa shape index (κ3) is 3.85. The normalized spacial score (nSPS) is 11.2. The second kappa shape index (κ2) is 5.31. The van der Waals surface area contributed by atoms with E-state index in [0.29, 0.717) is 10.6 Å². The van der Waals surface area contributed by atoms with E-state index in [9.17, 15) is 9.59 Å². The fourth-order valence-electron chi connectivity index (χ4n) is 1.65. The molecule has 94 valence electrons. The zero-order valence-electron chi connectivity index (χ0n) is 10.1. The second-order valence-corrected chi connectivity index (χ2v) is 5.57. The molecule has 0 spiro atoms. The van der Waals surface area contributed by atoms with Crippen LogP contribution in [0.25, 0.3) is 0 Å². The third-order valence-corrected chi connectivity index (χ3v) is 3.31. The standard InChI is InChI=1S/C12H16O4S/c1-12(2,7-10(14)15)6-8(13)11-9(16-3)4-5-17-11/h4-5H,6-7H2,1-3H3,(H,14,15). The van der Waals surface area contributed by atoms with Gasteiger partial charge in [0.25, 0.3) is 0 Å². The predicted octanol–water partition coefficient (Wildman–Crippen LogP) is 2.83. The minimum Gasteiger partial charge on any atom is -0.495 e. The SMILES string of the molecule is COc1ccsc1C(=O)CC(C)(C)CC(=O)O. The molecule has 0 amide bonds. The molecular weight excluding hydrogens is 240 g/mol. The van der Waals surface area contributed by atoms with E-state index in [0.717, 1.165) is 0 Å². The van der Waals surface area contributed by atoms with Crippen molar-refractivity contribution in [1.29, 1.82) is 0 Å². The number of carboxylic acid groups (broad SMARTS) is 1. The summed E-state index contributed by atoms with van der Waals surface area (Å²) in [7, 11) is 1.52. The van der Waals surface area contributed by atoms with Crippen LogP contribution in [0.15, 0.2) is 11.4 Å². The van der Waals surface area contributed by atoms with Crippen molar-refractivity contribution >= 4 is 23.1 Å². The summed E-state index contributed by atoms with van der Waals surface area (Å²) < 4.78 is 5.08. The molecule has 0 unspecified atom stereocenters. The molecule has 1 N–H and O–H groups in total. The van der Waals surface area contributed by atoms with Crippen molar-refractivity contribution in [3.05, 3.63) is 16.3 Å². The van der Waals surface area contributed by atoms with Gasteiger partial charge in [-0.15, -0.1) is 11.3 Å². The molecule has 1 heterocycles. The number of carbonyl (C=O) groups is 2. The van der Waals surface area contributed by atoms with Gasteiger partial charge in [-0.1, -0.05) is 13.8 Å². The molecule has 5 heteroatoms. The topological polar surface area (TPSA) is 63.6 Å². The van der Waals surface area contributed by atoms with Crippen LogP contribution < -0.4 is 4.74 Å². The Kier molecular flexibility index (Phi) is 4.28. The summed E-state index contributed by atoms with van der Waals surface area (Å²) >= 11 is 1.32. The summed E-state index contributed by atoms with van der Waals surface area (Å²) in [6.07, 6.45) is 0.183. The number of aliphatic carboxylic acids is 1. The molecule has 0 aliphatic heterocycles. The van der Waals surface area contributed by atoms with Crippen molar-refractivity contribution < 1.29 is 19.4 Å². The molecule has 4 nitrogen and oxygen atoms in total. The Morgan fingerprint density at radius 1 is 1.41 bits per heavy atom. The molecule has 0 saturated carbocycles. The molecule has 0 fully saturated rings. The van der Waals surface area contributed by atoms with Crippen LogP contribution in [0, 0.1) is 5.41 Å². The van der Waals surface area contributed by atoms with Gasteiger partial charge in [0.05, 0.1) is 13.5 Å². The summed E-state index contributed by atoms with van der Waals surface area (Å²) in [4.78, 5) is 23.3. The number of carbonyl (C=O) groups excluding carboxylic acids is 1. The minimum atomic E-state index is -0.888. The van der Waals surface area contributed by atoms with Crippen molar-refractivity contribution in [2.45, 2.75) is 26.7 Å². The van der Waals surface area contributed by atoms with E-state index < -0.39 is 11.4 Å². The summed E-state index contributed by atoms with van der Waals surface area (Å²) in [5, 5.41) is 10.5. The third-order valence-electron chi connectivity index (χ3n) is 2.37. The van der Waals surface area contributed by atoms with Gasteiger partial charge in [-0.25, -0.2) is 0 Å². The monoisotopic (exact) mass is 256 g/mol. The Morgan fingerprint density at radius 3 is 2.59 bits per heavy atom. The van der Waals surface area contributed by atoms with Crippen molar-refractivity contribution in [3.8, 4) is 5.75 Å². The Morgan fingerprint density at radius 2 is 2.06 bits per heavy atom. The quantitative estimate of drug-likeness (QED) is 0.795. The Balaban J connectivity index is 2.75. The fourth-order valence-corrected chi connectivity index (χ4v) is 2.45. The molecule has 1 rings (SSSR count). The van der Waals surface area contributed by atoms with E-state index in [1.165, 1.54) is 18.4 Å². The highest BCUT2D eigenvalue weighted by atomic mass is 32.1. The van der Waals surface area contributed by atoms with Crippen LogP contribution in [-0.4, -0.2) is 24.0 Å². The number of hydrogen-bond donors (Lipinski definition) is 1.